The van der Waals surface area contributed by atoms with Crippen molar-refractivity contribution in [3.05, 3.63) is 23.2 Å². The number of nitrogens with zero attached hydrogens (tertiary/aromatic N) is 1. The Balaban J connectivity index is 0.00000441. The zero-order valence-electron chi connectivity index (χ0n) is 13.3. The van der Waals surface area contributed by atoms with Crippen molar-refractivity contribution in [1.29, 1.82) is 0 Å². The standard InChI is InChI=1S/C15H24ClN3O2.ClH/c1-4-5-13(17)15(20)18-11-6-7-14(12(16)10-11)21-9-8-19(2)3;/h6-7,10,13H,4-5,8-9,17H2,1-3H3,(H,18,20);1H. The van der Waals surface area contributed by atoms with Gasteiger partial charge >= 0.3 is 0 Å². The molecule has 1 unspecified atom stereocenters. The van der Waals surface area contributed by atoms with Gasteiger partial charge in [0, 0.05) is 12.2 Å². The number of hydrogen-bond donors (Lipinski definition) is 2. The van der Waals surface area contributed by atoms with Crippen LogP contribution in [0.1, 0.15) is 19.8 Å². The molecule has 0 saturated heterocycles. The topological polar surface area (TPSA) is 67.6 Å². The number of amides is 1. The molecule has 1 atom stereocenters. The highest BCUT2D eigenvalue weighted by Gasteiger charge is 2.13. The van der Waals surface area contributed by atoms with Crippen molar-refractivity contribution in [3.8, 4) is 5.75 Å². The van der Waals surface area contributed by atoms with Gasteiger partial charge in [0.1, 0.15) is 12.4 Å². The second-order valence-electron chi connectivity index (χ2n) is 5.18. The molecule has 0 spiro atoms. The number of likely N-dealkylation sites (N-methyl/N-ethyl adjacent to an activating group) is 1. The van der Waals surface area contributed by atoms with Crippen molar-refractivity contribution in [2.75, 3.05) is 32.6 Å². The highest BCUT2D eigenvalue weighted by molar-refractivity contribution is 6.32. The molecule has 1 rings (SSSR count). The number of carbonyl (C=O) groups is 1. The van der Waals surface area contributed by atoms with Crippen LogP contribution in [-0.4, -0.2) is 44.1 Å². The molecule has 0 fully saturated rings. The van der Waals surface area contributed by atoms with Crippen LogP contribution in [0, 0.1) is 0 Å². The SMILES string of the molecule is CCCC(N)C(=O)Nc1ccc(OCCN(C)C)c(Cl)c1.Cl. The number of halogens is 2. The summed E-state index contributed by atoms with van der Waals surface area (Å²) >= 11 is 6.15. The predicted molar refractivity (Wildman–Crippen MR) is 94.3 cm³/mol. The molecule has 0 radical (unpaired) electrons. The van der Waals surface area contributed by atoms with E-state index in [0.29, 0.717) is 29.5 Å². The maximum Gasteiger partial charge on any atom is 0.241 e. The van der Waals surface area contributed by atoms with E-state index in [9.17, 15) is 4.79 Å². The normalized spacial score (nSPS) is 11.7. The summed E-state index contributed by atoms with van der Waals surface area (Å²) in [5.74, 6) is 0.406. The number of ether oxygens (including phenoxy) is 1. The van der Waals surface area contributed by atoms with Gasteiger partial charge in [0.05, 0.1) is 11.1 Å². The Morgan fingerprint density at radius 1 is 1.45 bits per heavy atom. The Hall–Kier alpha value is -1.01. The summed E-state index contributed by atoms with van der Waals surface area (Å²) in [5, 5.41) is 3.22. The van der Waals surface area contributed by atoms with E-state index in [4.69, 9.17) is 22.1 Å². The first-order valence-electron chi connectivity index (χ1n) is 7.07. The molecule has 1 aromatic rings. The van der Waals surface area contributed by atoms with Gasteiger partial charge in [0.15, 0.2) is 0 Å². The third-order valence-electron chi connectivity index (χ3n) is 2.93. The van der Waals surface area contributed by atoms with E-state index in [1.807, 2.05) is 25.9 Å². The molecule has 0 aliphatic rings. The van der Waals surface area contributed by atoms with Gasteiger partial charge < -0.3 is 20.7 Å². The van der Waals surface area contributed by atoms with Gasteiger partial charge in [0.25, 0.3) is 0 Å². The van der Waals surface area contributed by atoms with Crippen molar-refractivity contribution in [2.45, 2.75) is 25.8 Å². The molecule has 5 nitrogen and oxygen atoms in total. The average Bonchev–Trinajstić information content (AvgIpc) is 2.41. The van der Waals surface area contributed by atoms with E-state index >= 15 is 0 Å². The van der Waals surface area contributed by atoms with Gasteiger partial charge in [-0.25, -0.2) is 0 Å². The number of nitrogens with one attached hydrogen (secondary N) is 1. The van der Waals surface area contributed by atoms with E-state index in [0.717, 1.165) is 13.0 Å². The molecule has 7 heteroatoms. The Morgan fingerprint density at radius 3 is 2.68 bits per heavy atom. The molecular formula is C15H25Cl2N3O2. The third-order valence-corrected chi connectivity index (χ3v) is 3.23. The third kappa shape index (κ3) is 7.31. The van der Waals surface area contributed by atoms with Crippen LogP contribution in [0.4, 0.5) is 5.69 Å². The maximum atomic E-state index is 11.8. The van der Waals surface area contributed by atoms with Crippen LogP contribution in [0.25, 0.3) is 0 Å². The van der Waals surface area contributed by atoms with Gasteiger partial charge in [0.2, 0.25) is 5.91 Å². The highest BCUT2D eigenvalue weighted by atomic mass is 35.5. The van der Waals surface area contributed by atoms with Gasteiger partial charge in [-0.2, -0.15) is 0 Å². The molecule has 1 aromatic carbocycles. The molecule has 0 aliphatic carbocycles. The Labute approximate surface area is 143 Å². The van der Waals surface area contributed by atoms with E-state index < -0.39 is 6.04 Å². The summed E-state index contributed by atoms with van der Waals surface area (Å²) in [6.07, 6.45) is 1.53. The largest absolute Gasteiger partial charge is 0.491 e. The fraction of sp³-hybridized carbons (Fsp3) is 0.533. The smallest absolute Gasteiger partial charge is 0.241 e. The number of hydrogen-bond acceptors (Lipinski definition) is 4. The molecule has 0 aromatic heterocycles. The molecule has 0 aliphatic heterocycles. The number of rotatable bonds is 8. The number of nitrogens with two attached hydrogens (primary N) is 1. The molecule has 3 N–H and O–H groups in total. The number of carbonyl (C=O) groups excluding carboxylic acids is 1. The molecule has 0 bridgehead atoms. The molecule has 1 amide bonds. The zero-order valence-corrected chi connectivity index (χ0v) is 14.8. The number of benzene rings is 1. The monoisotopic (exact) mass is 349 g/mol. The Kier molecular flexibility index (Phi) is 10.2. The lowest BCUT2D eigenvalue weighted by molar-refractivity contribution is -0.117. The molecule has 126 valence electrons. The molecule has 0 saturated carbocycles. The van der Waals surface area contributed by atoms with Crippen LogP contribution in [0.3, 0.4) is 0 Å². The summed E-state index contributed by atoms with van der Waals surface area (Å²) < 4.78 is 5.58. The summed E-state index contributed by atoms with van der Waals surface area (Å²) in [4.78, 5) is 13.9. The van der Waals surface area contributed by atoms with Crippen LogP contribution in [0.5, 0.6) is 5.75 Å². The lowest BCUT2D eigenvalue weighted by Gasteiger charge is -2.14. The van der Waals surface area contributed by atoms with Crippen molar-refractivity contribution < 1.29 is 9.53 Å². The van der Waals surface area contributed by atoms with Gasteiger partial charge in [-0.3, -0.25) is 4.79 Å². The summed E-state index contributed by atoms with van der Waals surface area (Å²) in [6, 6.07) is 4.68. The zero-order chi connectivity index (χ0) is 15.8. The van der Waals surface area contributed by atoms with Crippen molar-refractivity contribution in [3.63, 3.8) is 0 Å². The summed E-state index contributed by atoms with van der Waals surface area (Å²) in [5.41, 5.74) is 6.38. The summed E-state index contributed by atoms with van der Waals surface area (Å²) in [6.45, 7) is 3.35. The van der Waals surface area contributed by atoms with Crippen LogP contribution >= 0.6 is 24.0 Å². The van der Waals surface area contributed by atoms with Gasteiger partial charge in [-0.15, -0.1) is 12.4 Å². The second kappa shape index (κ2) is 10.7. The highest BCUT2D eigenvalue weighted by Crippen LogP contribution is 2.27. The van der Waals surface area contributed by atoms with Crippen molar-refractivity contribution >= 4 is 35.6 Å². The molecular weight excluding hydrogens is 325 g/mol. The molecule has 0 heterocycles. The van der Waals surface area contributed by atoms with Crippen molar-refractivity contribution in [1.82, 2.24) is 4.90 Å². The Morgan fingerprint density at radius 2 is 2.14 bits per heavy atom. The minimum absolute atomic E-state index is 0. The minimum Gasteiger partial charge on any atom is -0.491 e. The van der Waals surface area contributed by atoms with Crippen LogP contribution in [0.2, 0.25) is 5.02 Å². The Bertz CT molecular complexity index is 470. The van der Waals surface area contributed by atoms with Gasteiger partial charge in [-0.05, 0) is 38.7 Å². The lowest BCUT2D eigenvalue weighted by atomic mass is 10.1. The lowest BCUT2D eigenvalue weighted by Crippen LogP contribution is -2.35. The van der Waals surface area contributed by atoms with Gasteiger partial charge in [-0.1, -0.05) is 24.9 Å². The quantitative estimate of drug-likeness (QED) is 0.757. The first-order valence-corrected chi connectivity index (χ1v) is 7.45. The first kappa shape index (κ1) is 21.0. The minimum atomic E-state index is -0.496. The second-order valence-corrected chi connectivity index (χ2v) is 5.59. The fourth-order valence-corrected chi connectivity index (χ4v) is 1.95. The van der Waals surface area contributed by atoms with Crippen molar-refractivity contribution in [2.24, 2.45) is 5.73 Å². The van der Waals surface area contributed by atoms with E-state index in [2.05, 4.69) is 5.32 Å². The molecule has 22 heavy (non-hydrogen) atoms. The average molecular weight is 350 g/mol. The fourth-order valence-electron chi connectivity index (χ4n) is 1.71. The van der Waals surface area contributed by atoms with E-state index in [1.54, 1.807) is 18.2 Å². The van der Waals surface area contributed by atoms with Crippen LogP contribution in [-0.2, 0) is 4.79 Å². The number of anilines is 1. The van der Waals surface area contributed by atoms with Crippen LogP contribution < -0.4 is 15.8 Å². The van der Waals surface area contributed by atoms with E-state index in [-0.39, 0.29) is 18.3 Å². The predicted octanol–water partition coefficient (Wildman–Crippen LogP) is 2.77. The first-order chi connectivity index (χ1) is 9.93. The maximum absolute atomic E-state index is 11.8. The van der Waals surface area contributed by atoms with Crippen LogP contribution in [0.15, 0.2) is 18.2 Å². The van der Waals surface area contributed by atoms with E-state index in [1.165, 1.54) is 0 Å². The summed E-state index contributed by atoms with van der Waals surface area (Å²) in [7, 11) is 3.95.